The molecule has 0 amide bonds. The van der Waals surface area contributed by atoms with Crippen LogP contribution in [0.15, 0.2) is 53.9 Å². The second kappa shape index (κ2) is 6.55. The van der Waals surface area contributed by atoms with Crippen LogP contribution >= 0.6 is 34.5 Å². The van der Waals surface area contributed by atoms with Crippen LogP contribution in [-0.4, -0.2) is 23.4 Å². The third-order valence-electron chi connectivity index (χ3n) is 3.56. The first-order valence-electron chi connectivity index (χ1n) is 7.29. The van der Waals surface area contributed by atoms with Crippen molar-refractivity contribution in [2.75, 3.05) is 4.72 Å². The number of nitrogens with one attached hydrogen (secondary N) is 2. The second-order valence-corrected chi connectivity index (χ2v) is 8.87. The number of nitrogens with zero attached hydrogens (tertiary/aromatic N) is 2. The SMILES string of the molecule is O=S(=O)(Nc1ccc(-c2nc3ccc(Cl)cc3s2)c(Cl)c1)c1cnc[nH]1. The van der Waals surface area contributed by atoms with Gasteiger partial charge in [0.15, 0.2) is 5.03 Å². The number of anilines is 1. The number of imidazole rings is 1. The molecule has 2 aromatic carbocycles. The zero-order valence-electron chi connectivity index (χ0n) is 12.9. The molecule has 0 aliphatic carbocycles. The van der Waals surface area contributed by atoms with E-state index >= 15 is 0 Å². The molecule has 4 aromatic rings. The van der Waals surface area contributed by atoms with Gasteiger partial charge in [-0.2, -0.15) is 8.42 Å². The Balaban J connectivity index is 1.67. The maximum Gasteiger partial charge on any atom is 0.278 e. The van der Waals surface area contributed by atoms with Crippen LogP contribution in [-0.2, 0) is 10.0 Å². The monoisotopic (exact) mass is 424 g/mol. The molecule has 2 N–H and O–H groups in total. The zero-order chi connectivity index (χ0) is 18.3. The number of sulfonamides is 1. The van der Waals surface area contributed by atoms with E-state index < -0.39 is 10.0 Å². The van der Waals surface area contributed by atoms with Gasteiger partial charge in [0.2, 0.25) is 0 Å². The lowest BCUT2D eigenvalue weighted by Crippen LogP contribution is -2.13. The minimum atomic E-state index is -3.74. The molecule has 0 bridgehead atoms. The predicted octanol–water partition coefficient (Wildman–Crippen LogP) is 4.79. The van der Waals surface area contributed by atoms with E-state index in [1.807, 2.05) is 12.1 Å². The summed E-state index contributed by atoms with van der Waals surface area (Å²) in [4.78, 5) is 10.8. The summed E-state index contributed by atoms with van der Waals surface area (Å²) in [6.45, 7) is 0. The number of aromatic amines is 1. The van der Waals surface area contributed by atoms with Gasteiger partial charge in [-0.15, -0.1) is 11.3 Å². The molecule has 4 rings (SSSR count). The van der Waals surface area contributed by atoms with Gasteiger partial charge in [0.05, 0.1) is 33.5 Å². The number of thiazole rings is 1. The first-order chi connectivity index (χ1) is 12.4. The summed E-state index contributed by atoms with van der Waals surface area (Å²) < 4.78 is 27.9. The van der Waals surface area contributed by atoms with Crippen LogP contribution in [0.5, 0.6) is 0 Å². The van der Waals surface area contributed by atoms with Gasteiger partial charge < -0.3 is 4.98 Å². The topological polar surface area (TPSA) is 87.7 Å². The first-order valence-corrected chi connectivity index (χ1v) is 10.4. The smallest absolute Gasteiger partial charge is 0.278 e. The van der Waals surface area contributed by atoms with Crippen molar-refractivity contribution in [3.8, 4) is 10.6 Å². The van der Waals surface area contributed by atoms with Gasteiger partial charge in [0.1, 0.15) is 5.01 Å². The molecule has 0 unspecified atom stereocenters. The molecule has 26 heavy (non-hydrogen) atoms. The number of H-pyrrole nitrogens is 1. The summed E-state index contributed by atoms with van der Waals surface area (Å²) >= 11 is 13.8. The number of halogens is 2. The Bertz CT molecular complexity index is 1200. The van der Waals surface area contributed by atoms with Gasteiger partial charge in [-0.1, -0.05) is 23.2 Å². The van der Waals surface area contributed by atoms with Crippen LogP contribution in [0.25, 0.3) is 20.8 Å². The number of benzene rings is 2. The average molecular weight is 425 g/mol. The van der Waals surface area contributed by atoms with Crippen LogP contribution in [0, 0.1) is 0 Å². The lowest BCUT2D eigenvalue weighted by molar-refractivity contribution is 0.598. The Morgan fingerprint density at radius 1 is 1.12 bits per heavy atom. The third-order valence-corrected chi connectivity index (χ3v) is 6.47. The molecular weight excluding hydrogens is 415 g/mol. The largest absolute Gasteiger partial charge is 0.334 e. The van der Waals surface area contributed by atoms with E-state index in [2.05, 4.69) is 19.7 Å². The van der Waals surface area contributed by atoms with E-state index in [9.17, 15) is 8.42 Å². The fourth-order valence-corrected chi connectivity index (χ4v) is 4.93. The Labute approximate surface area is 162 Å². The molecule has 10 heteroatoms. The van der Waals surface area contributed by atoms with Crippen LogP contribution in [0.1, 0.15) is 0 Å². The molecule has 0 spiro atoms. The standard InChI is InChI=1S/C16H10Cl2N4O2S2/c17-9-1-4-13-14(5-9)25-16(21-13)11-3-2-10(6-12(11)18)22-26(23,24)15-7-19-8-20-15/h1-8,22H,(H,19,20). The Hall–Kier alpha value is -2.13. The highest BCUT2D eigenvalue weighted by atomic mass is 35.5. The summed E-state index contributed by atoms with van der Waals surface area (Å²) in [5.41, 5.74) is 1.89. The van der Waals surface area contributed by atoms with Crippen molar-refractivity contribution in [3.63, 3.8) is 0 Å². The molecule has 0 aliphatic heterocycles. The minimum Gasteiger partial charge on any atom is -0.334 e. The molecule has 2 aromatic heterocycles. The molecule has 6 nitrogen and oxygen atoms in total. The van der Waals surface area contributed by atoms with Crippen molar-refractivity contribution in [1.29, 1.82) is 0 Å². The Kier molecular flexibility index (Phi) is 4.36. The van der Waals surface area contributed by atoms with Gasteiger partial charge in [0.25, 0.3) is 10.0 Å². The lowest BCUT2D eigenvalue weighted by Gasteiger charge is -2.08. The van der Waals surface area contributed by atoms with Crippen molar-refractivity contribution in [2.45, 2.75) is 5.03 Å². The van der Waals surface area contributed by atoms with Gasteiger partial charge >= 0.3 is 0 Å². The van der Waals surface area contributed by atoms with Crippen molar-refractivity contribution in [1.82, 2.24) is 15.0 Å². The highest BCUT2D eigenvalue weighted by molar-refractivity contribution is 7.92. The first kappa shape index (κ1) is 17.3. The van der Waals surface area contributed by atoms with Gasteiger partial charge in [-0.3, -0.25) is 4.72 Å². The number of fused-ring (bicyclic) bond motifs is 1. The molecule has 0 fully saturated rings. The van der Waals surface area contributed by atoms with Crippen LogP contribution in [0.3, 0.4) is 0 Å². The maximum atomic E-state index is 12.2. The molecule has 0 saturated heterocycles. The van der Waals surface area contributed by atoms with Crippen LogP contribution in [0.2, 0.25) is 10.0 Å². The van der Waals surface area contributed by atoms with Crippen LogP contribution in [0.4, 0.5) is 5.69 Å². The van der Waals surface area contributed by atoms with Gasteiger partial charge in [-0.25, -0.2) is 9.97 Å². The zero-order valence-corrected chi connectivity index (χ0v) is 16.0. The lowest BCUT2D eigenvalue weighted by atomic mass is 10.2. The van der Waals surface area contributed by atoms with E-state index in [0.29, 0.717) is 21.3 Å². The fourth-order valence-electron chi connectivity index (χ4n) is 2.37. The number of hydrogen-bond donors (Lipinski definition) is 2. The predicted molar refractivity (Wildman–Crippen MR) is 104 cm³/mol. The second-order valence-electron chi connectivity index (χ2n) is 5.35. The van der Waals surface area contributed by atoms with E-state index in [4.69, 9.17) is 23.2 Å². The summed E-state index contributed by atoms with van der Waals surface area (Å²) in [6.07, 6.45) is 2.52. The molecule has 0 radical (unpaired) electrons. The van der Waals surface area contributed by atoms with Gasteiger partial charge in [-0.05, 0) is 36.4 Å². The maximum absolute atomic E-state index is 12.2. The Morgan fingerprint density at radius 3 is 2.69 bits per heavy atom. The van der Waals surface area contributed by atoms with Crippen molar-refractivity contribution in [2.24, 2.45) is 0 Å². The van der Waals surface area contributed by atoms with E-state index in [1.165, 1.54) is 23.9 Å². The number of hydrogen-bond acceptors (Lipinski definition) is 5. The molecular formula is C16H10Cl2N4O2S2. The molecule has 0 saturated carbocycles. The normalized spacial score (nSPS) is 11.8. The third kappa shape index (κ3) is 3.28. The molecule has 0 aliphatic rings. The van der Waals surface area contributed by atoms with Crippen molar-refractivity contribution >= 4 is 60.5 Å². The fraction of sp³-hybridized carbons (Fsp3) is 0. The summed E-state index contributed by atoms with van der Waals surface area (Å²) in [6, 6.07) is 10.4. The van der Waals surface area contributed by atoms with E-state index in [1.54, 1.807) is 24.3 Å². The van der Waals surface area contributed by atoms with E-state index in [0.717, 1.165) is 15.2 Å². The molecule has 132 valence electrons. The van der Waals surface area contributed by atoms with Crippen molar-refractivity contribution < 1.29 is 8.42 Å². The molecule has 0 atom stereocenters. The summed E-state index contributed by atoms with van der Waals surface area (Å²) in [7, 11) is -3.74. The number of aromatic nitrogens is 3. The van der Waals surface area contributed by atoms with Crippen LogP contribution < -0.4 is 4.72 Å². The number of rotatable bonds is 4. The summed E-state index contributed by atoms with van der Waals surface area (Å²) in [5, 5.41) is 1.73. The quantitative estimate of drug-likeness (QED) is 0.492. The van der Waals surface area contributed by atoms with Crippen molar-refractivity contribution in [3.05, 3.63) is 59.0 Å². The average Bonchev–Trinajstić information content (AvgIpc) is 3.24. The highest BCUT2D eigenvalue weighted by Crippen LogP contribution is 2.36. The highest BCUT2D eigenvalue weighted by Gasteiger charge is 2.17. The van der Waals surface area contributed by atoms with E-state index in [-0.39, 0.29) is 5.03 Å². The molecule has 2 heterocycles. The minimum absolute atomic E-state index is 0.0271. The van der Waals surface area contributed by atoms with Gasteiger partial charge in [0, 0.05) is 10.6 Å². The summed E-state index contributed by atoms with van der Waals surface area (Å²) in [5.74, 6) is 0. The Morgan fingerprint density at radius 2 is 1.96 bits per heavy atom.